The van der Waals surface area contributed by atoms with Crippen LogP contribution in [-0.4, -0.2) is 13.2 Å². The van der Waals surface area contributed by atoms with Crippen LogP contribution in [0.25, 0.3) is 0 Å². The van der Waals surface area contributed by atoms with Crippen molar-refractivity contribution < 1.29 is 4.74 Å². The Bertz CT molecular complexity index is 440. The number of hydrogen-bond acceptors (Lipinski definition) is 2. The first-order chi connectivity index (χ1) is 9.19. The summed E-state index contributed by atoms with van der Waals surface area (Å²) in [5, 5.41) is 3.38. The normalized spacial score (nSPS) is 9.89. The molecule has 0 unspecified atom stereocenters. The molecular weight excluding hydrogens is 370 g/mol. The first-order valence-corrected chi connectivity index (χ1v) is 7.98. The molecule has 0 saturated heterocycles. The number of hydrogen-bond donors (Lipinski definition) is 1. The Morgan fingerprint density at radius 2 is 1.95 bits per heavy atom. The maximum absolute atomic E-state index is 5.73. The smallest absolute Gasteiger partial charge is 0.147 e. The molecule has 0 fully saturated rings. The van der Waals surface area contributed by atoms with E-state index in [1.165, 1.54) is 5.56 Å². The van der Waals surface area contributed by atoms with E-state index in [9.17, 15) is 0 Å². The third-order valence-corrected chi connectivity index (χ3v) is 3.64. The highest BCUT2D eigenvalue weighted by Crippen LogP contribution is 2.34. The molecule has 0 aromatic heterocycles. The lowest BCUT2D eigenvalue weighted by Gasteiger charge is -2.12. The topological polar surface area (TPSA) is 21.3 Å². The quantitative estimate of drug-likeness (QED) is 0.548. The first-order valence-electron chi connectivity index (χ1n) is 6.40. The van der Waals surface area contributed by atoms with Crippen molar-refractivity contribution in [2.24, 2.45) is 0 Å². The van der Waals surface area contributed by atoms with Crippen molar-refractivity contribution in [3.05, 3.63) is 26.6 Å². The van der Waals surface area contributed by atoms with Crippen LogP contribution in [0.1, 0.15) is 32.3 Å². The second-order valence-corrected chi connectivity index (χ2v) is 5.80. The Balaban J connectivity index is 2.64. The zero-order chi connectivity index (χ0) is 14.1. The van der Waals surface area contributed by atoms with Crippen molar-refractivity contribution in [3.63, 3.8) is 0 Å². The molecular formula is C15H19Br2NO. The third kappa shape index (κ3) is 5.99. The number of rotatable bonds is 7. The van der Waals surface area contributed by atoms with Crippen LogP contribution in [0.4, 0.5) is 0 Å². The monoisotopic (exact) mass is 387 g/mol. The summed E-state index contributed by atoms with van der Waals surface area (Å²) in [7, 11) is 0. The summed E-state index contributed by atoms with van der Waals surface area (Å²) >= 11 is 7.11. The van der Waals surface area contributed by atoms with E-state index in [1.54, 1.807) is 0 Å². The molecule has 0 radical (unpaired) electrons. The zero-order valence-electron chi connectivity index (χ0n) is 11.4. The molecule has 0 bridgehead atoms. The highest BCUT2D eigenvalue weighted by atomic mass is 79.9. The fourth-order valence-electron chi connectivity index (χ4n) is 1.59. The fourth-order valence-corrected chi connectivity index (χ4v) is 3.10. The van der Waals surface area contributed by atoms with Gasteiger partial charge in [-0.1, -0.05) is 6.92 Å². The van der Waals surface area contributed by atoms with Crippen LogP contribution in [0.15, 0.2) is 21.1 Å². The molecule has 0 saturated carbocycles. The standard InChI is InChI=1S/C15H19Br2NO/c1-3-5-6-8-19-15-13(16)9-12(10-14(15)17)11-18-7-4-2/h9-10,18H,4,6-8,11H2,1-2H3. The second kappa shape index (κ2) is 9.41. The van der Waals surface area contributed by atoms with Crippen LogP contribution in [0.2, 0.25) is 0 Å². The molecule has 0 aliphatic rings. The summed E-state index contributed by atoms with van der Waals surface area (Å²) < 4.78 is 7.68. The summed E-state index contributed by atoms with van der Waals surface area (Å²) in [6, 6.07) is 4.18. The van der Waals surface area contributed by atoms with Crippen LogP contribution < -0.4 is 10.1 Å². The van der Waals surface area contributed by atoms with Gasteiger partial charge < -0.3 is 10.1 Å². The molecule has 0 heterocycles. The van der Waals surface area contributed by atoms with Crippen molar-refractivity contribution in [1.29, 1.82) is 0 Å². The lowest BCUT2D eigenvalue weighted by Crippen LogP contribution is -2.13. The van der Waals surface area contributed by atoms with Crippen LogP contribution in [-0.2, 0) is 6.54 Å². The minimum atomic E-state index is 0.603. The van der Waals surface area contributed by atoms with Gasteiger partial charge >= 0.3 is 0 Å². The van der Waals surface area contributed by atoms with Gasteiger partial charge in [0.25, 0.3) is 0 Å². The van der Waals surface area contributed by atoms with Crippen molar-refractivity contribution in [2.75, 3.05) is 13.2 Å². The van der Waals surface area contributed by atoms with E-state index >= 15 is 0 Å². The number of benzene rings is 1. The maximum Gasteiger partial charge on any atom is 0.147 e. The molecule has 0 amide bonds. The SMILES string of the molecule is CC#CCCOc1c(Br)cc(CNCCC)cc1Br. The molecule has 1 N–H and O–H groups in total. The molecule has 19 heavy (non-hydrogen) atoms. The molecule has 104 valence electrons. The average Bonchev–Trinajstić information content (AvgIpc) is 2.37. The lowest BCUT2D eigenvalue weighted by atomic mass is 10.2. The summed E-state index contributed by atoms with van der Waals surface area (Å²) in [6.07, 6.45) is 1.89. The Kier molecular flexibility index (Phi) is 8.20. The van der Waals surface area contributed by atoms with Gasteiger partial charge in [-0.05, 0) is 69.4 Å². The minimum absolute atomic E-state index is 0.603. The van der Waals surface area contributed by atoms with Gasteiger partial charge in [-0.3, -0.25) is 0 Å². The molecule has 0 atom stereocenters. The predicted molar refractivity (Wildman–Crippen MR) is 87.4 cm³/mol. The van der Waals surface area contributed by atoms with Crippen LogP contribution >= 0.6 is 31.9 Å². The Labute approximate surface area is 132 Å². The summed E-state index contributed by atoms with van der Waals surface area (Å²) in [5.74, 6) is 6.69. The lowest BCUT2D eigenvalue weighted by molar-refractivity contribution is 0.323. The third-order valence-electron chi connectivity index (χ3n) is 2.46. The molecule has 4 heteroatoms. The van der Waals surface area contributed by atoms with Gasteiger partial charge in [-0.2, -0.15) is 0 Å². The highest BCUT2D eigenvalue weighted by molar-refractivity contribution is 9.11. The minimum Gasteiger partial charge on any atom is -0.490 e. The van der Waals surface area contributed by atoms with E-state index in [4.69, 9.17) is 4.74 Å². The van der Waals surface area contributed by atoms with E-state index in [2.05, 4.69) is 68.1 Å². The molecule has 0 spiro atoms. The van der Waals surface area contributed by atoms with Gasteiger partial charge in [0.1, 0.15) is 5.75 Å². The zero-order valence-corrected chi connectivity index (χ0v) is 14.5. The van der Waals surface area contributed by atoms with Gasteiger partial charge in [0.05, 0.1) is 15.6 Å². The predicted octanol–water partition coefficient (Wildman–Crippen LogP) is 4.50. The first kappa shape index (κ1) is 16.6. The number of halogens is 2. The van der Waals surface area contributed by atoms with Gasteiger partial charge in [-0.15, -0.1) is 11.8 Å². The van der Waals surface area contributed by atoms with Crippen LogP contribution in [0, 0.1) is 11.8 Å². The molecule has 1 aromatic rings. The van der Waals surface area contributed by atoms with E-state index in [-0.39, 0.29) is 0 Å². The summed E-state index contributed by atoms with van der Waals surface area (Å²) in [5.41, 5.74) is 1.23. The van der Waals surface area contributed by atoms with Gasteiger partial charge in [0.2, 0.25) is 0 Å². The number of nitrogens with one attached hydrogen (secondary N) is 1. The molecule has 0 aliphatic heterocycles. The van der Waals surface area contributed by atoms with E-state index < -0.39 is 0 Å². The summed E-state index contributed by atoms with van der Waals surface area (Å²) in [4.78, 5) is 0. The molecule has 1 rings (SSSR count). The Morgan fingerprint density at radius 3 is 2.53 bits per heavy atom. The van der Waals surface area contributed by atoms with Crippen LogP contribution in [0.3, 0.4) is 0 Å². The molecule has 1 aromatic carbocycles. The van der Waals surface area contributed by atoms with Crippen molar-refractivity contribution in [3.8, 4) is 17.6 Å². The highest BCUT2D eigenvalue weighted by Gasteiger charge is 2.08. The largest absolute Gasteiger partial charge is 0.490 e. The number of ether oxygens (including phenoxy) is 1. The Morgan fingerprint density at radius 1 is 1.26 bits per heavy atom. The maximum atomic E-state index is 5.73. The van der Waals surface area contributed by atoms with Gasteiger partial charge in [0, 0.05) is 13.0 Å². The Hall–Kier alpha value is -0.500. The van der Waals surface area contributed by atoms with Crippen LogP contribution in [0.5, 0.6) is 5.75 Å². The molecule has 0 aliphatic carbocycles. The molecule has 2 nitrogen and oxygen atoms in total. The van der Waals surface area contributed by atoms with E-state index in [0.717, 1.165) is 40.6 Å². The van der Waals surface area contributed by atoms with Gasteiger partial charge in [0.15, 0.2) is 0 Å². The van der Waals surface area contributed by atoms with Crippen molar-refractivity contribution >= 4 is 31.9 Å². The van der Waals surface area contributed by atoms with E-state index in [0.29, 0.717) is 6.61 Å². The van der Waals surface area contributed by atoms with E-state index in [1.807, 2.05) is 6.92 Å². The second-order valence-electron chi connectivity index (χ2n) is 4.09. The fraction of sp³-hybridized carbons (Fsp3) is 0.467. The summed E-state index contributed by atoms with van der Waals surface area (Å²) in [6.45, 7) is 6.50. The van der Waals surface area contributed by atoms with Gasteiger partial charge in [-0.25, -0.2) is 0 Å². The van der Waals surface area contributed by atoms with Crippen molar-refractivity contribution in [1.82, 2.24) is 5.32 Å². The average molecular weight is 389 g/mol. The van der Waals surface area contributed by atoms with Crippen molar-refractivity contribution in [2.45, 2.75) is 33.2 Å².